The van der Waals surface area contributed by atoms with Crippen molar-refractivity contribution in [3.8, 4) is 0 Å². The Bertz CT molecular complexity index is 743. The van der Waals surface area contributed by atoms with Crippen molar-refractivity contribution in [1.29, 1.82) is 0 Å². The Hall–Kier alpha value is -2.59. The molecule has 0 bridgehead atoms. The zero-order valence-corrected chi connectivity index (χ0v) is 11.8. The topological polar surface area (TPSA) is 56.9 Å². The number of hydrogen-bond donors (Lipinski definition) is 3. The van der Waals surface area contributed by atoms with Gasteiger partial charge in [-0.05, 0) is 36.9 Å². The molecule has 1 amide bonds. The number of H-pyrrole nitrogens is 1. The third-order valence-electron chi connectivity index (χ3n) is 3.34. The Labute approximate surface area is 123 Å². The summed E-state index contributed by atoms with van der Waals surface area (Å²) in [5.41, 5.74) is 3.46. The minimum Gasteiger partial charge on any atom is -0.351 e. The van der Waals surface area contributed by atoms with Gasteiger partial charge in [-0.15, -0.1) is 0 Å². The van der Waals surface area contributed by atoms with Crippen LogP contribution in [0.3, 0.4) is 0 Å². The molecule has 0 unspecified atom stereocenters. The molecule has 0 aliphatic rings. The SMILES string of the molecule is CNCc1cccc(NC(=O)c2cc3ccccc3[nH]2)c1. The number of carbonyl (C=O) groups is 1. The van der Waals surface area contributed by atoms with E-state index in [4.69, 9.17) is 0 Å². The minimum absolute atomic E-state index is 0.132. The number of rotatable bonds is 4. The first-order chi connectivity index (χ1) is 10.3. The van der Waals surface area contributed by atoms with E-state index in [1.807, 2.05) is 61.6 Å². The second-order valence-electron chi connectivity index (χ2n) is 4.96. The average Bonchev–Trinajstić information content (AvgIpc) is 2.92. The highest BCUT2D eigenvalue weighted by molar-refractivity contribution is 6.05. The molecule has 1 heterocycles. The van der Waals surface area contributed by atoms with Crippen LogP contribution in [0.4, 0.5) is 5.69 Å². The predicted octanol–water partition coefficient (Wildman–Crippen LogP) is 3.14. The summed E-state index contributed by atoms with van der Waals surface area (Å²) in [5.74, 6) is -0.132. The van der Waals surface area contributed by atoms with Gasteiger partial charge in [-0.1, -0.05) is 30.3 Å². The monoisotopic (exact) mass is 279 g/mol. The Morgan fingerprint density at radius 1 is 1.10 bits per heavy atom. The Balaban J connectivity index is 1.80. The van der Waals surface area contributed by atoms with Crippen LogP contribution in [0.1, 0.15) is 16.1 Å². The number of nitrogens with one attached hydrogen (secondary N) is 3. The molecule has 3 aromatic rings. The molecule has 0 saturated heterocycles. The standard InChI is InChI=1S/C17H17N3O/c1-18-11-12-5-4-7-14(9-12)19-17(21)16-10-13-6-2-3-8-15(13)20-16/h2-10,18,20H,11H2,1H3,(H,19,21). The minimum atomic E-state index is -0.132. The fourth-order valence-corrected chi connectivity index (χ4v) is 2.36. The number of benzene rings is 2. The summed E-state index contributed by atoms with van der Waals surface area (Å²) in [6, 6.07) is 17.5. The number of anilines is 1. The van der Waals surface area contributed by atoms with Crippen LogP contribution in [0.15, 0.2) is 54.6 Å². The maximum Gasteiger partial charge on any atom is 0.272 e. The van der Waals surface area contributed by atoms with Crippen molar-refractivity contribution in [3.63, 3.8) is 0 Å². The molecular weight excluding hydrogens is 262 g/mol. The largest absolute Gasteiger partial charge is 0.351 e. The van der Waals surface area contributed by atoms with E-state index < -0.39 is 0 Å². The lowest BCUT2D eigenvalue weighted by Gasteiger charge is -2.06. The highest BCUT2D eigenvalue weighted by Gasteiger charge is 2.09. The van der Waals surface area contributed by atoms with Gasteiger partial charge >= 0.3 is 0 Å². The Morgan fingerprint density at radius 2 is 1.95 bits per heavy atom. The van der Waals surface area contributed by atoms with Crippen molar-refractivity contribution < 1.29 is 4.79 Å². The molecule has 0 aliphatic heterocycles. The van der Waals surface area contributed by atoms with E-state index in [1.54, 1.807) is 0 Å². The lowest BCUT2D eigenvalue weighted by Crippen LogP contribution is -2.13. The molecule has 0 spiro atoms. The summed E-state index contributed by atoms with van der Waals surface area (Å²) in [4.78, 5) is 15.4. The highest BCUT2D eigenvalue weighted by Crippen LogP contribution is 2.17. The molecular formula is C17H17N3O. The molecule has 4 heteroatoms. The van der Waals surface area contributed by atoms with Crippen molar-refractivity contribution >= 4 is 22.5 Å². The lowest BCUT2D eigenvalue weighted by atomic mass is 10.2. The van der Waals surface area contributed by atoms with Crippen LogP contribution < -0.4 is 10.6 Å². The van der Waals surface area contributed by atoms with E-state index in [-0.39, 0.29) is 5.91 Å². The maximum absolute atomic E-state index is 12.3. The van der Waals surface area contributed by atoms with Crippen LogP contribution in [-0.2, 0) is 6.54 Å². The maximum atomic E-state index is 12.3. The molecule has 0 atom stereocenters. The van der Waals surface area contributed by atoms with Crippen LogP contribution in [0.5, 0.6) is 0 Å². The van der Waals surface area contributed by atoms with Gasteiger partial charge in [0.2, 0.25) is 0 Å². The van der Waals surface area contributed by atoms with Crippen molar-refractivity contribution in [2.45, 2.75) is 6.54 Å². The van der Waals surface area contributed by atoms with E-state index in [9.17, 15) is 4.79 Å². The molecule has 0 fully saturated rings. The van der Waals surface area contributed by atoms with Gasteiger partial charge in [-0.3, -0.25) is 4.79 Å². The number of aromatic amines is 1. The van der Waals surface area contributed by atoms with Crippen molar-refractivity contribution in [3.05, 3.63) is 65.9 Å². The predicted molar refractivity (Wildman–Crippen MR) is 85.5 cm³/mol. The summed E-state index contributed by atoms with van der Waals surface area (Å²) >= 11 is 0. The number of hydrogen-bond acceptors (Lipinski definition) is 2. The molecule has 4 nitrogen and oxygen atoms in total. The zero-order chi connectivity index (χ0) is 14.7. The summed E-state index contributed by atoms with van der Waals surface area (Å²) in [5, 5.41) is 7.05. The van der Waals surface area contributed by atoms with Gasteiger partial charge in [0.05, 0.1) is 0 Å². The summed E-state index contributed by atoms with van der Waals surface area (Å²) in [6.07, 6.45) is 0. The van der Waals surface area contributed by atoms with Gasteiger partial charge in [0, 0.05) is 23.1 Å². The van der Waals surface area contributed by atoms with E-state index in [0.29, 0.717) is 5.69 Å². The van der Waals surface area contributed by atoms with Crippen LogP contribution >= 0.6 is 0 Å². The fraction of sp³-hybridized carbons (Fsp3) is 0.118. The smallest absolute Gasteiger partial charge is 0.272 e. The first-order valence-electron chi connectivity index (χ1n) is 6.89. The number of para-hydroxylation sites is 1. The molecule has 3 N–H and O–H groups in total. The first kappa shape index (κ1) is 13.4. The first-order valence-corrected chi connectivity index (χ1v) is 6.89. The third-order valence-corrected chi connectivity index (χ3v) is 3.34. The summed E-state index contributed by atoms with van der Waals surface area (Å²) < 4.78 is 0. The second kappa shape index (κ2) is 5.81. The number of fused-ring (bicyclic) bond motifs is 1. The second-order valence-corrected chi connectivity index (χ2v) is 4.96. The lowest BCUT2D eigenvalue weighted by molar-refractivity contribution is 0.102. The molecule has 0 aliphatic carbocycles. The molecule has 0 radical (unpaired) electrons. The van der Waals surface area contributed by atoms with E-state index in [2.05, 4.69) is 15.6 Å². The van der Waals surface area contributed by atoms with Crippen molar-refractivity contribution in [1.82, 2.24) is 10.3 Å². The Kier molecular flexibility index (Phi) is 3.71. The molecule has 3 rings (SSSR count). The van der Waals surface area contributed by atoms with Gasteiger partial charge < -0.3 is 15.6 Å². The normalized spacial score (nSPS) is 10.7. The van der Waals surface area contributed by atoms with Crippen LogP contribution in [0, 0.1) is 0 Å². The number of amides is 1. The molecule has 1 aromatic heterocycles. The van der Waals surface area contributed by atoms with Crippen LogP contribution in [0.25, 0.3) is 10.9 Å². The average molecular weight is 279 g/mol. The van der Waals surface area contributed by atoms with Gasteiger partial charge in [-0.2, -0.15) is 0 Å². The molecule has 21 heavy (non-hydrogen) atoms. The zero-order valence-electron chi connectivity index (χ0n) is 11.8. The van der Waals surface area contributed by atoms with Crippen LogP contribution in [-0.4, -0.2) is 17.9 Å². The quantitative estimate of drug-likeness (QED) is 0.687. The summed E-state index contributed by atoms with van der Waals surface area (Å²) in [6.45, 7) is 0.774. The fourth-order valence-electron chi connectivity index (χ4n) is 2.36. The van der Waals surface area contributed by atoms with Gasteiger partial charge in [0.25, 0.3) is 5.91 Å². The number of aromatic nitrogens is 1. The van der Waals surface area contributed by atoms with Gasteiger partial charge in [-0.25, -0.2) is 0 Å². The summed E-state index contributed by atoms with van der Waals surface area (Å²) in [7, 11) is 1.90. The van der Waals surface area contributed by atoms with E-state index >= 15 is 0 Å². The molecule has 106 valence electrons. The molecule has 2 aromatic carbocycles. The highest BCUT2D eigenvalue weighted by atomic mass is 16.1. The Morgan fingerprint density at radius 3 is 2.76 bits per heavy atom. The van der Waals surface area contributed by atoms with E-state index in [0.717, 1.165) is 28.7 Å². The van der Waals surface area contributed by atoms with Crippen molar-refractivity contribution in [2.24, 2.45) is 0 Å². The molecule has 0 saturated carbocycles. The van der Waals surface area contributed by atoms with Gasteiger partial charge in [0.1, 0.15) is 5.69 Å². The van der Waals surface area contributed by atoms with E-state index in [1.165, 1.54) is 0 Å². The number of carbonyl (C=O) groups excluding carboxylic acids is 1. The van der Waals surface area contributed by atoms with Crippen molar-refractivity contribution in [2.75, 3.05) is 12.4 Å². The van der Waals surface area contributed by atoms with Gasteiger partial charge in [0.15, 0.2) is 0 Å². The third kappa shape index (κ3) is 2.95. The van der Waals surface area contributed by atoms with Crippen LogP contribution in [0.2, 0.25) is 0 Å².